The lowest BCUT2D eigenvalue weighted by Gasteiger charge is -2.24. The molecule has 0 aliphatic heterocycles. The highest BCUT2D eigenvalue weighted by Gasteiger charge is 2.19. The van der Waals surface area contributed by atoms with Crippen LogP contribution in [0.5, 0.6) is 0 Å². The van der Waals surface area contributed by atoms with E-state index in [4.69, 9.17) is 0 Å². The van der Waals surface area contributed by atoms with Gasteiger partial charge < -0.3 is 10.1 Å². The SMILES string of the molecule is COC(=O)CN(CC(=O)Nc1c(F)cccc1F)C(C)C. The summed E-state index contributed by atoms with van der Waals surface area (Å²) in [6, 6.07) is 3.19. The molecule has 0 saturated heterocycles. The molecule has 0 radical (unpaired) electrons. The van der Waals surface area contributed by atoms with Gasteiger partial charge in [-0.1, -0.05) is 6.07 Å². The molecule has 0 atom stereocenters. The zero-order valence-electron chi connectivity index (χ0n) is 12.2. The van der Waals surface area contributed by atoms with Crippen molar-refractivity contribution in [3.05, 3.63) is 29.8 Å². The van der Waals surface area contributed by atoms with Crippen LogP contribution in [-0.2, 0) is 14.3 Å². The van der Waals surface area contributed by atoms with Crippen LogP contribution in [0.2, 0.25) is 0 Å². The van der Waals surface area contributed by atoms with Crippen molar-refractivity contribution in [1.29, 1.82) is 0 Å². The number of halogens is 2. The molecular weight excluding hydrogens is 282 g/mol. The summed E-state index contributed by atoms with van der Waals surface area (Å²) < 4.78 is 31.4. The van der Waals surface area contributed by atoms with E-state index in [0.717, 1.165) is 12.1 Å². The van der Waals surface area contributed by atoms with Crippen LogP contribution in [0.4, 0.5) is 14.5 Å². The molecule has 0 aliphatic rings. The van der Waals surface area contributed by atoms with Crippen molar-refractivity contribution in [3.8, 4) is 0 Å². The number of carbonyl (C=O) groups excluding carboxylic acids is 2. The summed E-state index contributed by atoms with van der Waals surface area (Å²) in [6.07, 6.45) is 0. The van der Waals surface area contributed by atoms with E-state index < -0.39 is 29.2 Å². The van der Waals surface area contributed by atoms with Crippen LogP contribution in [0.3, 0.4) is 0 Å². The largest absolute Gasteiger partial charge is 0.468 e. The Morgan fingerprint density at radius 3 is 2.29 bits per heavy atom. The molecule has 21 heavy (non-hydrogen) atoms. The number of rotatable bonds is 6. The molecule has 0 saturated carbocycles. The number of hydrogen-bond acceptors (Lipinski definition) is 4. The zero-order valence-corrected chi connectivity index (χ0v) is 12.2. The van der Waals surface area contributed by atoms with Crippen molar-refractivity contribution < 1.29 is 23.1 Å². The molecule has 1 amide bonds. The Morgan fingerprint density at radius 1 is 1.24 bits per heavy atom. The normalized spacial score (nSPS) is 10.8. The van der Waals surface area contributed by atoms with Crippen molar-refractivity contribution in [2.75, 3.05) is 25.5 Å². The van der Waals surface area contributed by atoms with E-state index in [1.165, 1.54) is 18.1 Å². The first-order chi connectivity index (χ1) is 9.85. The third kappa shape index (κ3) is 5.11. The van der Waals surface area contributed by atoms with Gasteiger partial charge in [-0.25, -0.2) is 8.78 Å². The highest BCUT2D eigenvalue weighted by Crippen LogP contribution is 2.17. The molecule has 0 fully saturated rings. The average molecular weight is 300 g/mol. The second kappa shape index (κ2) is 7.68. The molecule has 1 N–H and O–H groups in total. The third-order valence-electron chi connectivity index (χ3n) is 2.86. The number of anilines is 1. The Kier molecular flexibility index (Phi) is 6.23. The summed E-state index contributed by atoms with van der Waals surface area (Å²) in [4.78, 5) is 24.7. The summed E-state index contributed by atoms with van der Waals surface area (Å²) in [5, 5.41) is 2.17. The molecule has 1 rings (SSSR count). The first kappa shape index (κ1) is 17.0. The van der Waals surface area contributed by atoms with Crippen LogP contribution in [0.15, 0.2) is 18.2 Å². The predicted molar refractivity (Wildman–Crippen MR) is 73.7 cm³/mol. The monoisotopic (exact) mass is 300 g/mol. The molecule has 0 unspecified atom stereocenters. The van der Waals surface area contributed by atoms with Gasteiger partial charge in [-0.05, 0) is 26.0 Å². The Balaban J connectivity index is 2.72. The smallest absolute Gasteiger partial charge is 0.319 e. The predicted octanol–water partition coefficient (Wildman–Crippen LogP) is 1.79. The summed E-state index contributed by atoms with van der Waals surface area (Å²) in [7, 11) is 1.25. The minimum Gasteiger partial charge on any atom is -0.468 e. The van der Waals surface area contributed by atoms with E-state index in [9.17, 15) is 18.4 Å². The van der Waals surface area contributed by atoms with Crippen molar-refractivity contribution >= 4 is 17.6 Å². The second-order valence-corrected chi connectivity index (χ2v) is 4.72. The Hall–Kier alpha value is -2.02. The van der Waals surface area contributed by atoms with Crippen molar-refractivity contribution in [1.82, 2.24) is 4.90 Å². The number of methoxy groups -OCH3 is 1. The molecule has 1 aromatic carbocycles. The molecule has 0 spiro atoms. The fourth-order valence-electron chi connectivity index (χ4n) is 1.63. The van der Waals surface area contributed by atoms with Crippen LogP contribution in [-0.4, -0.2) is 43.0 Å². The average Bonchev–Trinajstić information content (AvgIpc) is 2.42. The van der Waals surface area contributed by atoms with Crippen LogP contribution in [0, 0.1) is 11.6 Å². The summed E-state index contributed by atoms with van der Waals surface area (Å²) in [6.45, 7) is 3.32. The van der Waals surface area contributed by atoms with E-state index in [1.807, 2.05) is 0 Å². The molecule has 0 aliphatic carbocycles. The molecule has 1 aromatic rings. The van der Waals surface area contributed by atoms with Gasteiger partial charge in [-0.3, -0.25) is 14.5 Å². The highest BCUT2D eigenvalue weighted by atomic mass is 19.1. The quantitative estimate of drug-likeness (QED) is 0.814. The lowest BCUT2D eigenvalue weighted by Crippen LogP contribution is -2.41. The maximum atomic E-state index is 13.4. The minimum atomic E-state index is -0.854. The standard InChI is InChI=1S/C14H18F2N2O3/c1-9(2)18(8-13(20)21-3)7-12(19)17-14-10(15)5-4-6-11(14)16/h4-6,9H,7-8H2,1-3H3,(H,17,19). The van der Waals surface area contributed by atoms with E-state index in [1.54, 1.807) is 13.8 Å². The number of esters is 1. The summed E-state index contributed by atoms with van der Waals surface area (Å²) >= 11 is 0. The van der Waals surface area contributed by atoms with Gasteiger partial charge in [-0.15, -0.1) is 0 Å². The number of amides is 1. The Labute approximate surface area is 121 Å². The van der Waals surface area contributed by atoms with Gasteiger partial charge in [0.2, 0.25) is 5.91 Å². The molecule has 0 heterocycles. The van der Waals surface area contributed by atoms with Crippen molar-refractivity contribution in [3.63, 3.8) is 0 Å². The maximum Gasteiger partial charge on any atom is 0.319 e. The van der Waals surface area contributed by atoms with E-state index in [-0.39, 0.29) is 19.1 Å². The third-order valence-corrected chi connectivity index (χ3v) is 2.86. The maximum absolute atomic E-state index is 13.4. The van der Waals surface area contributed by atoms with E-state index >= 15 is 0 Å². The van der Waals surface area contributed by atoms with Gasteiger partial charge in [0.05, 0.1) is 20.2 Å². The van der Waals surface area contributed by atoms with Crippen LogP contribution >= 0.6 is 0 Å². The second-order valence-electron chi connectivity index (χ2n) is 4.72. The van der Waals surface area contributed by atoms with E-state index in [2.05, 4.69) is 10.1 Å². The fraction of sp³-hybridized carbons (Fsp3) is 0.429. The number of nitrogens with one attached hydrogen (secondary N) is 1. The lowest BCUT2D eigenvalue weighted by atomic mass is 10.2. The number of nitrogens with zero attached hydrogens (tertiary/aromatic N) is 1. The zero-order chi connectivity index (χ0) is 16.0. The van der Waals surface area contributed by atoms with Gasteiger partial charge in [-0.2, -0.15) is 0 Å². The Morgan fingerprint density at radius 2 is 1.81 bits per heavy atom. The van der Waals surface area contributed by atoms with Crippen LogP contribution in [0.25, 0.3) is 0 Å². The first-order valence-electron chi connectivity index (χ1n) is 6.40. The highest BCUT2D eigenvalue weighted by molar-refractivity contribution is 5.92. The number of carbonyl (C=O) groups is 2. The van der Waals surface area contributed by atoms with E-state index in [0.29, 0.717) is 0 Å². The number of benzene rings is 1. The number of hydrogen-bond donors (Lipinski definition) is 1. The lowest BCUT2D eigenvalue weighted by molar-refractivity contribution is -0.142. The van der Waals surface area contributed by atoms with Gasteiger partial charge >= 0.3 is 5.97 Å². The van der Waals surface area contributed by atoms with Gasteiger partial charge in [0.1, 0.15) is 17.3 Å². The molecule has 0 bridgehead atoms. The molecular formula is C14H18F2N2O3. The molecule has 116 valence electrons. The summed E-state index contributed by atoms with van der Waals surface area (Å²) in [5.41, 5.74) is -0.496. The van der Waals surface area contributed by atoms with Crippen LogP contribution in [0.1, 0.15) is 13.8 Å². The first-order valence-corrected chi connectivity index (χ1v) is 6.40. The van der Waals surface area contributed by atoms with Gasteiger partial charge in [0, 0.05) is 6.04 Å². The van der Waals surface area contributed by atoms with Crippen molar-refractivity contribution in [2.45, 2.75) is 19.9 Å². The summed E-state index contributed by atoms with van der Waals surface area (Å²) in [5.74, 6) is -2.81. The minimum absolute atomic E-state index is 0.0820. The number of ether oxygens (including phenoxy) is 1. The van der Waals surface area contributed by atoms with Crippen LogP contribution < -0.4 is 5.32 Å². The number of para-hydroxylation sites is 1. The van der Waals surface area contributed by atoms with Gasteiger partial charge in [0.15, 0.2) is 0 Å². The Bertz CT molecular complexity index is 501. The molecule has 5 nitrogen and oxygen atoms in total. The molecule has 0 aromatic heterocycles. The fourth-order valence-corrected chi connectivity index (χ4v) is 1.63. The van der Waals surface area contributed by atoms with Crippen molar-refractivity contribution in [2.24, 2.45) is 0 Å². The topological polar surface area (TPSA) is 58.6 Å². The van der Waals surface area contributed by atoms with Gasteiger partial charge in [0.25, 0.3) is 0 Å². The molecule has 7 heteroatoms.